The maximum atomic E-state index is 12.0. The van der Waals surface area contributed by atoms with Crippen LogP contribution in [0.3, 0.4) is 0 Å². The molecule has 1 aromatic heterocycles. The van der Waals surface area contributed by atoms with E-state index in [0.29, 0.717) is 25.9 Å². The zero-order chi connectivity index (χ0) is 24.0. The van der Waals surface area contributed by atoms with Gasteiger partial charge in [-0.2, -0.15) is 0 Å². The molecule has 1 aromatic carbocycles. The van der Waals surface area contributed by atoms with Crippen LogP contribution < -0.4 is 10.1 Å². The molecule has 2 aromatic rings. The van der Waals surface area contributed by atoms with Crippen molar-refractivity contribution < 1.29 is 23.9 Å². The monoisotopic (exact) mass is 470 g/mol. The molecule has 0 saturated carbocycles. The summed E-state index contributed by atoms with van der Waals surface area (Å²) in [6, 6.07) is 11.4. The fourth-order valence-corrected chi connectivity index (χ4v) is 4.39. The van der Waals surface area contributed by atoms with E-state index in [2.05, 4.69) is 10.3 Å². The quantitative estimate of drug-likeness (QED) is 0.506. The van der Waals surface area contributed by atoms with Gasteiger partial charge in [-0.1, -0.05) is 32.0 Å². The van der Waals surface area contributed by atoms with Crippen LogP contribution in [0.1, 0.15) is 57.0 Å². The summed E-state index contributed by atoms with van der Waals surface area (Å²) in [6.07, 6.45) is 2.92. The Morgan fingerprint density at radius 3 is 2.42 bits per heavy atom. The van der Waals surface area contributed by atoms with Crippen molar-refractivity contribution >= 4 is 28.9 Å². The van der Waals surface area contributed by atoms with Gasteiger partial charge >= 0.3 is 5.97 Å². The molecule has 8 heteroatoms. The Morgan fingerprint density at radius 1 is 1.12 bits per heavy atom. The molecule has 2 amide bonds. The number of thioether (sulfide) groups is 1. The molecule has 1 fully saturated rings. The van der Waals surface area contributed by atoms with Gasteiger partial charge in [0.2, 0.25) is 5.91 Å². The van der Waals surface area contributed by atoms with Gasteiger partial charge in [0.25, 0.3) is 5.24 Å². The third kappa shape index (κ3) is 7.05. The summed E-state index contributed by atoms with van der Waals surface area (Å²) in [5.74, 6) is 0.544. The van der Waals surface area contributed by atoms with E-state index in [1.165, 1.54) is 0 Å². The molecule has 2 unspecified atom stereocenters. The van der Waals surface area contributed by atoms with Crippen molar-refractivity contribution in [3.63, 3.8) is 0 Å². The fraction of sp³-hybridized carbons (Fsp3) is 0.440. The molecule has 1 N–H and O–H groups in total. The number of esters is 1. The SMILES string of the molecule is CC(C)CC(=O)OC(C)c1ccc(CCOc2ccc(CC3(C)SC(=O)NC3=O)cc2)nc1. The van der Waals surface area contributed by atoms with Gasteiger partial charge in [-0.15, -0.1) is 0 Å². The minimum absolute atomic E-state index is 0.200. The summed E-state index contributed by atoms with van der Waals surface area (Å²) < 4.78 is 10.5. The lowest BCUT2D eigenvalue weighted by atomic mass is 9.99. The molecular weight excluding hydrogens is 440 g/mol. The summed E-state index contributed by atoms with van der Waals surface area (Å²) in [5, 5.41) is 2.04. The Labute approximate surface area is 198 Å². The minimum Gasteiger partial charge on any atom is -0.493 e. The van der Waals surface area contributed by atoms with Gasteiger partial charge in [0, 0.05) is 30.3 Å². The average molecular weight is 471 g/mol. The van der Waals surface area contributed by atoms with Crippen molar-refractivity contribution in [3.8, 4) is 5.75 Å². The smallest absolute Gasteiger partial charge is 0.306 e. The number of amides is 2. The van der Waals surface area contributed by atoms with Crippen molar-refractivity contribution in [2.45, 2.75) is 57.8 Å². The number of hydrogen-bond acceptors (Lipinski definition) is 7. The zero-order valence-electron chi connectivity index (χ0n) is 19.4. The first-order valence-electron chi connectivity index (χ1n) is 11.0. The Bertz CT molecular complexity index is 991. The van der Waals surface area contributed by atoms with Crippen LogP contribution in [-0.2, 0) is 27.2 Å². The Hall–Kier alpha value is -2.87. The second-order valence-electron chi connectivity index (χ2n) is 8.81. The first kappa shape index (κ1) is 24.8. The van der Waals surface area contributed by atoms with Crippen LogP contribution in [0.5, 0.6) is 5.75 Å². The second kappa shape index (κ2) is 10.8. The van der Waals surface area contributed by atoms with Gasteiger partial charge in [0.15, 0.2) is 0 Å². The number of nitrogens with one attached hydrogen (secondary N) is 1. The summed E-state index contributed by atoms with van der Waals surface area (Å²) in [5.41, 5.74) is 2.71. The summed E-state index contributed by atoms with van der Waals surface area (Å²) in [6.45, 7) is 8.05. The maximum absolute atomic E-state index is 12.0. The number of imide groups is 1. The van der Waals surface area contributed by atoms with Gasteiger partial charge in [-0.05, 0) is 61.7 Å². The summed E-state index contributed by atoms with van der Waals surface area (Å²) in [4.78, 5) is 39.7. The highest BCUT2D eigenvalue weighted by Gasteiger charge is 2.43. The molecule has 2 atom stereocenters. The molecule has 1 aliphatic heterocycles. The number of nitrogens with zero attached hydrogens (tertiary/aromatic N) is 1. The van der Waals surface area contributed by atoms with Gasteiger partial charge in [-0.3, -0.25) is 24.7 Å². The lowest BCUT2D eigenvalue weighted by Crippen LogP contribution is -2.35. The highest BCUT2D eigenvalue weighted by Crippen LogP contribution is 2.34. The molecule has 0 radical (unpaired) electrons. The number of ether oxygens (including phenoxy) is 2. The van der Waals surface area contributed by atoms with E-state index >= 15 is 0 Å². The Balaban J connectivity index is 1.45. The normalized spacial score (nSPS) is 18.8. The molecular formula is C25H30N2O5S. The second-order valence-corrected chi connectivity index (χ2v) is 10.3. The van der Waals surface area contributed by atoms with Crippen molar-refractivity contribution in [1.29, 1.82) is 0 Å². The van der Waals surface area contributed by atoms with E-state index in [-0.39, 0.29) is 29.1 Å². The molecule has 33 heavy (non-hydrogen) atoms. The number of pyridine rings is 1. The average Bonchev–Trinajstić information content (AvgIpc) is 3.00. The zero-order valence-corrected chi connectivity index (χ0v) is 20.2. The first-order chi connectivity index (χ1) is 15.6. The molecule has 0 bridgehead atoms. The molecule has 176 valence electrons. The highest BCUT2D eigenvalue weighted by molar-refractivity contribution is 8.16. The molecule has 3 rings (SSSR count). The number of carbonyl (C=O) groups is 3. The van der Waals surface area contributed by atoms with Crippen LogP contribution in [0.25, 0.3) is 0 Å². The molecule has 0 spiro atoms. The van der Waals surface area contributed by atoms with Crippen LogP contribution in [-0.4, -0.2) is 33.5 Å². The van der Waals surface area contributed by atoms with Crippen molar-refractivity contribution in [3.05, 3.63) is 59.4 Å². The van der Waals surface area contributed by atoms with Gasteiger partial charge in [0.05, 0.1) is 6.61 Å². The largest absolute Gasteiger partial charge is 0.493 e. The van der Waals surface area contributed by atoms with E-state index in [0.717, 1.165) is 34.3 Å². The lowest BCUT2D eigenvalue weighted by Gasteiger charge is -2.18. The van der Waals surface area contributed by atoms with E-state index < -0.39 is 4.75 Å². The van der Waals surface area contributed by atoms with Crippen LogP contribution >= 0.6 is 11.8 Å². The van der Waals surface area contributed by atoms with Crippen LogP contribution in [0.2, 0.25) is 0 Å². The van der Waals surface area contributed by atoms with Gasteiger partial charge < -0.3 is 9.47 Å². The lowest BCUT2D eigenvalue weighted by molar-refractivity contribution is -0.149. The number of benzene rings is 1. The number of hydrogen-bond donors (Lipinski definition) is 1. The van der Waals surface area contributed by atoms with Crippen LogP contribution in [0.15, 0.2) is 42.6 Å². The number of carbonyl (C=O) groups excluding carboxylic acids is 3. The van der Waals surface area contributed by atoms with Crippen LogP contribution in [0.4, 0.5) is 4.79 Å². The summed E-state index contributed by atoms with van der Waals surface area (Å²) in [7, 11) is 0. The topological polar surface area (TPSA) is 94.6 Å². The molecule has 0 aliphatic carbocycles. The van der Waals surface area contributed by atoms with Crippen molar-refractivity contribution in [2.24, 2.45) is 5.92 Å². The molecule has 7 nitrogen and oxygen atoms in total. The fourth-order valence-electron chi connectivity index (χ4n) is 3.46. The summed E-state index contributed by atoms with van der Waals surface area (Å²) >= 11 is 1.03. The third-order valence-electron chi connectivity index (χ3n) is 5.31. The number of aromatic nitrogens is 1. The van der Waals surface area contributed by atoms with E-state index in [9.17, 15) is 14.4 Å². The molecule has 1 aliphatic rings. The first-order valence-corrected chi connectivity index (χ1v) is 11.9. The standard InChI is InChI=1S/C25H30N2O5S/c1-16(2)13-22(28)32-17(3)19-7-8-20(26-15-19)11-12-31-21-9-5-18(6-10-21)14-25(4)23(29)27-24(30)33-25/h5-10,15-17H,11-14H2,1-4H3,(H,27,29,30). The van der Waals surface area contributed by atoms with E-state index in [1.54, 1.807) is 13.1 Å². The number of rotatable bonds is 10. The molecule has 1 saturated heterocycles. The van der Waals surface area contributed by atoms with Crippen molar-refractivity contribution in [2.75, 3.05) is 6.61 Å². The van der Waals surface area contributed by atoms with E-state index in [4.69, 9.17) is 9.47 Å². The Kier molecular flexibility index (Phi) is 8.13. The van der Waals surface area contributed by atoms with Crippen LogP contribution in [0, 0.1) is 5.92 Å². The van der Waals surface area contributed by atoms with Gasteiger partial charge in [0.1, 0.15) is 16.6 Å². The van der Waals surface area contributed by atoms with Gasteiger partial charge in [-0.25, -0.2) is 0 Å². The van der Waals surface area contributed by atoms with E-state index in [1.807, 2.05) is 57.2 Å². The molecule has 2 heterocycles. The predicted octanol–water partition coefficient (Wildman–Crippen LogP) is 4.64. The highest BCUT2D eigenvalue weighted by atomic mass is 32.2. The third-order valence-corrected chi connectivity index (χ3v) is 6.37. The van der Waals surface area contributed by atoms with Crippen molar-refractivity contribution in [1.82, 2.24) is 10.3 Å². The Morgan fingerprint density at radius 2 is 1.85 bits per heavy atom. The minimum atomic E-state index is -0.776. The predicted molar refractivity (Wildman–Crippen MR) is 127 cm³/mol. The maximum Gasteiger partial charge on any atom is 0.306 e.